The molecule has 2 aromatic carbocycles. The van der Waals surface area contributed by atoms with Crippen LogP contribution in [0.2, 0.25) is 0 Å². The van der Waals surface area contributed by atoms with Crippen molar-refractivity contribution >= 4 is 23.4 Å². The van der Waals surface area contributed by atoms with Crippen LogP contribution in [0.25, 0.3) is 5.69 Å². The molecule has 0 unspecified atom stereocenters. The summed E-state index contributed by atoms with van der Waals surface area (Å²) in [6.07, 6.45) is 2.66. The van der Waals surface area contributed by atoms with Crippen molar-refractivity contribution in [1.82, 2.24) is 25.0 Å². The Hall–Kier alpha value is -2.84. The summed E-state index contributed by atoms with van der Waals surface area (Å²) >= 11 is 1.41. The minimum atomic E-state index is 0.0315. The maximum Gasteiger partial charge on any atom is 0.230 e. The van der Waals surface area contributed by atoms with Crippen molar-refractivity contribution in [3.05, 3.63) is 66.0 Å². The van der Waals surface area contributed by atoms with E-state index in [0.29, 0.717) is 18.2 Å². The van der Waals surface area contributed by atoms with E-state index in [9.17, 15) is 4.79 Å². The quantitative estimate of drug-likeness (QED) is 0.339. The zero-order valence-corrected chi connectivity index (χ0v) is 21.8. The smallest absolute Gasteiger partial charge is 0.230 e. The maximum atomic E-state index is 12.4. The summed E-state index contributed by atoms with van der Waals surface area (Å²) in [5, 5.41) is 12.0. The van der Waals surface area contributed by atoms with Crippen LogP contribution in [-0.2, 0) is 4.79 Å². The summed E-state index contributed by atoms with van der Waals surface area (Å²) in [6, 6.07) is 17.1. The third kappa shape index (κ3) is 7.08. The Kier molecular flexibility index (Phi) is 8.82. The van der Waals surface area contributed by atoms with Crippen molar-refractivity contribution in [1.29, 1.82) is 0 Å². The molecule has 1 amide bonds. The van der Waals surface area contributed by atoms with Gasteiger partial charge in [0.25, 0.3) is 0 Å². The molecule has 186 valence electrons. The number of benzene rings is 2. The highest BCUT2D eigenvalue weighted by atomic mass is 32.2. The van der Waals surface area contributed by atoms with Crippen LogP contribution in [0, 0.1) is 6.92 Å². The molecule has 35 heavy (non-hydrogen) atoms. The van der Waals surface area contributed by atoms with Gasteiger partial charge in [-0.05, 0) is 61.2 Å². The van der Waals surface area contributed by atoms with Crippen molar-refractivity contribution in [3.8, 4) is 5.69 Å². The van der Waals surface area contributed by atoms with Crippen molar-refractivity contribution in [2.75, 3.05) is 49.9 Å². The highest BCUT2D eigenvalue weighted by molar-refractivity contribution is 7.99. The number of anilines is 1. The lowest BCUT2D eigenvalue weighted by Gasteiger charge is -2.36. The van der Waals surface area contributed by atoms with Gasteiger partial charge in [0.2, 0.25) is 5.91 Å². The Morgan fingerprint density at radius 2 is 1.83 bits per heavy atom. The molecule has 8 heteroatoms. The van der Waals surface area contributed by atoms with Crippen molar-refractivity contribution in [2.24, 2.45) is 0 Å². The Bertz CT molecular complexity index is 1090. The predicted molar refractivity (Wildman–Crippen MR) is 144 cm³/mol. The minimum absolute atomic E-state index is 0.0315. The Balaban J connectivity index is 1.14. The molecule has 1 N–H and O–H groups in total. The zero-order chi connectivity index (χ0) is 24.6. The van der Waals surface area contributed by atoms with Gasteiger partial charge >= 0.3 is 0 Å². The zero-order valence-electron chi connectivity index (χ0n) is 21.0. The summed E-state index contributed by atoms with van der Waals surface area (Å²) in [6.45, 7) is 12.4. The van der Waals surface area contributed by atoms with Crippen LogP contribution < -0.4 is 10.2 Å². The molecule has 0 bridgehead atoms. The molecule has 4 rings (SSSR count). The average Bonchev–Trinajstić information content (AvgIpc) is 3.34. The highest BCUT2D eigenvalue weighted by Crippen LogP contribution is 2.22. The molecular formula is C27H36N6OS. The molecule has 1 saturated heterocycles. The number of hydrogen-bond acceptors (Lipinski definition) is 6. The van der Waals surface area contributed by atoms with E-state index in [1.54, 1.807) is 6.33 Å². The number of carbonyl (C=O) groups excluding carboxylic acids is 1. The number of nitrogens with zero attached hydrogens (tertiary/aromatic N) is 5. The summed E-state index contributed by atoms with van der Waals surface area (Å²) in [7, 11) is 0. The van der Waals surface area contributed by atoms with E-state index in [1.165, 1.54) is 28.6 Å². The molecular weight excluding hydrogens is 456 g/mol. The molecule has 3 aromatic rings. The van der Waals surface area contributed by atoms with Gasteiger partial charge in [-0.3, -0.25) is 14.3 Å². The monoisotopic (exact) mass is 492 g/mol. The first-order valence-corrected chi connectivity index (χ1v) is 13.4. The van der Waals surface area contributed by atoms with E-state index < -0.39 is 0 Å². The molecule has 1 fully saturated rings. The first-order valence-electron chi connectivity index (χ1n) is 12.4. The van der Waals surface area contributed by atoms with Crippen LogP contribution in [0.1, 0.15) is 37.3 Å². The molecule has 0 atom stereocenters. The van der Waals surface area contributed by atoms with E-state index in [0.717, 1.165) is 50.0 Å². The number of piperazine rings is 1. The van der Waals surface area contributed by atoms with Crippen LogP contribution >= 0.6 is 11.8 Å². The second kappa shape index (κ2) is 12.2. The molecule has 0 aliphatic carbocycles. The van der Waals surface area contributed by atoms with E-state index >= 15 is 0 Å². The Morgan fingerprint density at radius 3 is 2.54 bits per heavy atom. The fourth-order valence-corrected chi connectivity index (χ4v) is 5.04. The van der Waals surface area contributed by atoms with Gasteiger partial charge in [0.1, 0.15) is 6.33 Å². The van der Waals surface area contributed by atoms with Gasteiger partial charge in [-0.15, -0.1) is 10.2 Å². The van der Waals surface area contributed by atoms with Crippen LogP contribution in [0.5, 0.6) is 0 Å². The standard InChI is InChI=1S/C27H36N6OS/c1-21(2)23-8-10-24(11-9-23)33-20-29-30-27(33)35-19-26(34)28-12-5-13-31-14-16-32(17-15-31)25-7-4-6-22(3)18-25/h4,6-11,18,20-21H,5,12-17,19H2,1-3H3,(H,28,34). The van der Waals surface area contributed by atoms with Crippen LogP contribution in [0.4, 0.5) is 5.69 Å². The SMILES string of the molecule is Cc1cccc(N2CCN(CCCNC(=O)CSc3nncn3-c3ccc(C(C)C)cc3)CC2)c1. The molecule has 1 aliphatic rings. The number of rotatable bonds is 10. The molecule has 2 heterocycles. The number of aromatic nitrogens is 3. The maximum absolute atomic E-state index is 12.4. The highest BCUT2D eigenvalue weighted by Gasteiger charge is 2.17. The predicted octanol–water partition coefficient (Wildman–Crippen LogP) is 4.12. The molecule has 7 nitrogen and oxygen atoms in total. The molecule has 0 spiro atoms. The van der Waals surface area contributed by atoms with Crippen LogP contribution in [0.15, 0.2) is 60.0 Å². The summed E-state index contributed by atoms with van der Waals surface area (Å²) in [5.74, 6) is 0.854. The molecule has 0 saturated carbocycles. The van der Waals surface area contributed by atoms with E-state index in [4.69, 9.17) is 0 Å². The lowest BCUT2D eigenvalue weighted by Crippen LogP contribution is -2.47. The van der Waals surface area contributed by atoms with Gasteiger partial charge in [-0.2, -0.15) is 0 Å². The van der Waals surface area contributed by atoms with Gasteiger partial charge < -0.3 is 10.2 Å². The van der Waals surface area contributed by atoms with Gasteiger partial charge in [0, 0.05) is 44.1 Å². The second-order valence-electron chi connectivity index (χ2n) is 9.39. The van der Waals surface area contributed by atoms with Crippen molar-refractivity contribution in [2.45, 2.75) is 38.3 Å². The lowest BCUT2D eigenvalue weighted by molar-refractivity contribution is -0.118. The number of amides is 1. The lowest BCUT2D eigenvalue weighted by atomic mass is 10.0. The summed E-state index contributed by atoms with van der Waals surface area (Å²) in [4.78, 5) is 17.3. The van der Waals surface area contributed by atoms with Gasteiger partial charge in [0.05, 0.1) is 5.75 Å². The normalized spacial score (nSPS) is 14.5. The number of carbonyl (C=O) groups is 1. The molecule has 1 aromatic heterocycles. The summed E-state index contributed by atoms with van der Waals surface area (Å²) < 4.78 is 1.93. The number of hydrogen-bond donors (Lipinski definition) is 1. The molecule has 1 aliphatic heterocycles. The van der Waals surface area contributed by atoms with Gasteiger partial charge in [0.15, 0.2) is 5.16 Å². The largest absolute Gasteiger partial charge is 0.369 e. The number of thioether (sulfide) groups is 1. The van der Waals surface area contributed by atoms with E-state index in [1.807, 2.05) is 4.57 Å². The van der Waals surface area contributed by atoms with Crippen LogP contribution in [-0.4, -0.2) is 70.6 Å². The van der Waals surface area contributed by atoms with Crippen LogP contribution in [0.3, 0.4) is 0 Å². The van der Waals surface area contributed by atoms with Gasteiger partial charge in [-0.1, -0.05) is 49.9 Å². The first-order chi connectivity index (χ1) is 17.0. The fraction of sp³-hybridized carbons (Fsp3) is 0.444. The van der Waals surface area contributed by atoms with Gasteiger partial charge in [-0.25, -0.2) is 0 Å². The Labute approximate surface area is 212 Å². The first kappa shape index (κ1) is 25.3. The molecule has 0 radical (unpaired) electrons. The minimum Gasteiger partial charge on any atom is -0.369 e. The van der Waals surface area contributed by atoms with Crippen molar-refractivity contribution in [3.63, 3.8) is 0 Å². The topological polar surface area (TPSA) is 66.3 Å². The van der Waals surface area contributed by atoms with E-state index in [2.05, 4.69) is 94.6 Å². The van der Waals surface area contributed by atoms with E-state index in [-0.39, 0.29) is 5.91 Å². The fourth-order valence-electron chi connectivity index (χ4n) is 4.29. The average molecular weight is 493 g/mol. The summed E-state index contributed by atoms with van der Waals surface area (Å²) in [5.41, 5.74) is 4.92. The number of aryl methyl sites for hydroxylation is 1. The third-order valence-corrected chi connectivity index (χ3v) is 7.34. The Morgan fingerprint density at radius 1 is 1.06 bits per heavy atom. The van der Waals surface area contributed by atoms with Crippen molar-refractivity contribution < 1.29 is 4.79 Å². The third-order valence-electron chi connectivity index (χ3n) is 6.40. The second-order valence-corrected chi connectivity index (χ2v) is 10.3. The number of nitrogens with one attached hydrogen (secondary N) is 1.